The Kier molecular flexibility index (Phi) is 8.25. The van der Waals surface area contributed by atoms with Crippen LogP contribution in [0.2, 0.25) is 0 Å². The molecule has 0 radical (unpaired) electrons. The third-order valence-electron chi connectivity index (χ3n) is 5.20. The van der Waals surface area contributed by atoms with Gasteiger partial charge in [-0.25, -0.2) is 17.9 Å². The minimum Gasteiger partial charge on any atom is -0.445 e. The number of hydrogen-bond donors (Lipinski definition) is 3. The van der Waals surface area contributed by atoms with Gasteiger partial charge in [0, 0.05) is 23.0 Å². The van der Waals surface area contributed by atoms with Crippen molar-refractivity contribution in [3.05, 3.63) is 72.3 Å². The molecule has 0 fully saturated rings. The smallest absolute Gasteiger partial charge is 0.408 e. The average molecular weight is 484 g/mol. The lowest BCUT2D eigenvalue weighted by molar-refractivity contribution is -0.119. The molecule has 0 saturated carbocycles. The highest BCUT2D eigenvalue weighted by molar-refractivity contribution is 7.89. The zero-order chi connectivity index (χ0) is 24.7. The minimum atomic E-state index is -3.69. The summed E-state index contributed by atoms with van der Waals surface area (Å²) in [7, 11) is -3.69. The maximum absolute atomic E-state index is 13.1. The van der Waals surface area contributed by atoms with E-state index in [1.807, 2.05) is 44.2 Å². The molecule has 0 saturated heterocycles. The monoisotopic (exact) mass is 483 g/mol. The zero-order valence-electron chi connectivity index (χ0n) is 19.4. The molecule has 34 heavy (non-hydrogen) atoms. The molecule has 0 unspecified atom stereocenters. The number of fused-ring (bicyclic) bond motifs is 1. The van der Waals surface area contributed by atoms with E-state index in [4.69, 9.17) is 4.74 Å². The molecule has 0 aliphatic carbocycles. The highest BCUT2D eigenvalue weighted by Crippen LogP contribution is 2.29. The van der Waals surface area contributed by atoms with Crippen LogP contribution in [0.5, 0.6) is 0 Å². The number of sulfonamides is 1. The molecule has 3 aromatic carbocycles. The molecular weight excluding hydrogens is 454 g/mol. The fourth-order valence-electron chi connectivity index (χ4n) is 3.53. The van der Waals surface area contributed by atoms with Gasteiger partial charge in [0.15, 0.2) is 0 Å². The van der Waals surface area contributed by atoms with Gasteiger partial charge in [-0.3, -0.25) is 4.79 Å². The van der Waals surface area contributed by atoms with Crippen molar-refractivity contribution in [2.45, 2.75) is 38.3 Å². The lowest BCUT2D eigenvalue weighted by Crippen LogP contribution is -2.47. The number of hydrogen-bond acceptors (Lipinski definition) is 5. The highest BCUT2D eigenvalue weighted by Gasteiger charge is 2.26. The molecule has 0 aliphatic heterocycles. The molecular formula is C25H29N3O5S. The SMILES string of the molecule is CCNS(=O)(=O)c1cccc2c(NC(=O)[C@H](NC(=O)OCc3ccccc3)C(C)C)cccc12. The Morgan fingerprint density at radius 2 is 1.59 bits per heavy atom. The normalized spacial score (nSPS) is 12.4. The zero-order valence-corrected chi connectivity index (χ0v) is 20.2. The molecule has 9 heteroatoms. The van der Waals surface area contributed by atoms with Crippen LogP contribution in [0.3, 0.4) is 0 Å². The predicted molar refractivity (Wildman–Crippen MR) is 132 cm³/mol. The van der Waals surface area contributed by atoms with Crippen LogP contribution in [0.15, 0.2) is 71.6 Å². The van der Waals surface area contributed by atoms with Crippen molar-refractivity contribution in [1.82, 2.24) is 10.0 Å². The van der Waals surface area contributed by atoms with Crippen LogP contribution in [0.25, 0.3) is 10.8 Å². The Bertz CT molecular complexity index is 1260. The number of ether oxygens (including phenoxy) is 1. The summed E-state index contributed by atoms with van der Waals surface area (Å²) >= 11 is 0. The number of anilines is 1. The summed E-state index contributed by atoms with van der Waals surface area (Å²) in [4.78, 5) is 25.5. The molecule has 0 aliphatic rings. The van der Waals surface area contributed by atoms with E-state index in [-0.39, 0.29) is 24.0 Å². The standard InChI is InChI=1S/C25H29N3O5S/c1-4-26-34(31,32)22-15-9-12-19-20(22)13-8-14-21(19)27-24(29)23(17(2)3)28-25(30)33-16-18-10-6-5-7-11-18/h5-15,17,23,26H,4,16H2,1-3H3,(H,27,29)(H,28,30)/t23-/m1/s1. The van der Waals surface area contributed by atoms with Crippen LogP contribution in [0, 0.1) is 5.92 Å². The lowest BCUT2D eigenvalue weighted by atomic mass is 10.0. The summed E-state index contributed by atoms with van der Waals surface area (Å²) in [6, 6.07) is 18.3. The fourth-order valence-corrected chi connectivity index (χ4v) is 4.79. The topological polar surface area (TPSA) is 114 Å². The fraction of sp³-hybridized carbons (Fsp3) is 0.280. The van der Waals surface area contributed by atoms with Gasteiger partial charge in [0.05, 0.1) is 4.90 Å². The minimum absolute atomic E-state index is 0.0888. The van der Waals surface area contributed by atoms with Crippen LogP contribution in [0.4, 0.5) is 10.5 Å². The number of rotatable bonds is 9. The van der Waals surface area contributed by atoms with E-state index in [9.17, 15) is 18.0 Å². The molecule has 3 N–H and O–H groups in total. The van der Waals surface area contributed by atoms with Gasteiger partial charge in [0.25, 0.3) is 0 Å². The van der Waals surface area contributed by atoms with Gasteiger partial charge in [-0.15, -0.1) is 0 Å². The van der Waals surface area contributed by atoms with Crippen molar-refractivity contribution in [1.29, 1.82) is 0 Å². The van der Waals surface area contributed by atoms with Crippen molar-refractivity contribution < 1.29 is 22.7 Å². The number of nitrogens with one attached hydrogen (secondary N) is 3. The maximum atomic E-state index is 13.1. The van der Waals surface area contributed by atoms with Gasteiger partial charge in [-0.05, 0) is 23.6 Å². The van der Waals surface area contributed by atoms with Crippen molar-refractivity contribution in [2.75, 3.05) is 11.9 Å². The Hall–Kier alpha value is -3.43. The van der Waals surface area contributed by atoms with E-state index in [0.29, 0.717) is 16.5 Å². The van der Waals surface area contributed by atoms with Gasteiger partial charge in [-0.2, -0.15) is 0 Å². The molecule has 180 valence electrons. The summed E-state index contributed by atoms with van der Waals surface area (Å²) < 4.78 is 32.9. The summed E-state index contributed by atoms with van der Waals surface area (Å²) in [5.74, 6) is -0.650. The van der Waals surface area contributed by atoms with Crippen LogP contribution >= 0.6 is 0 Å². The second-order valence-corrected chi connectivity index (χ2v) is 9.81. The van der Waals surface area contributed by atoms with Gasteiger partial charge in [-0.1, -0.05) is 75.4 Å². The Labute approximate surface area is 199 Å². The van der Waals surface area contributed by atoms with Crippen LogP contribution in [-0.2, 0) is 26.2 Å². The van der Waals surface area contributed by atoms with E-state index < -0.39 is 28.1 Å². The van der Waals surface area contributed by atoms with Crippen molar-refractivity contribution in [3.8, 4) is 0 Å². The van der Waals surface area contributed by atoms with Gasteiger partial charge >= 0.3 is 6.09 Å². The molecule has 2 amide bonds. The highest BCUT2D eigenvalue weighted by atomic mass is 32.2. The molecule has 0 spiro atoms. The van der Waals surface area contributed by atoms with E-state index >= 15 is 0 Å². The molecule has 8 nitrogen and oxygen atoms in total. The molecule has 3 rings (SSSR count). The largest absolute Gasteiger partial charge is 0.445 e. The van der Waals surface area contributed by atoms with E-state index in [2.05, 4.69) is 15.4 Å². The summed E-state index contributed by atoms with van der Waals surface area (Å²) in [5, 5.41) is 6.52. The molecule has 0 heterocycles. The van der Waals surface area contributed by atoms with Crippen molar-refractivity contribution in [2.24, 2.45) is 5.92 Å². The first-order valence-electron chi connectivity index (χ1n) is 11.0. The number of alkyl carbamates (subject to hydrolysis) is 1. The second kappa shape index (κ2) is 11.1. The van der Waals surface area contributed by atoms with Gasteiger partial charge in [0.1, 0.15) is 12.6 Å². The lowest BCUT2D eigenvalue weighted by Gasteiger charge is -2.22. The molecule has 3 aromatic rings. The number of carbonyl (C=O) groups excluding carboxylic acids is 2. The summed E-state index contributed by atoms with van der Waals surface area (Å²) in [6.07, 6.45) is -0.699. The van der Waals surface area contributed by atoms with E-state index in [0.717, 1.165) is 5.56 Å². The maximum Gasteiger partial charge on any atom is 0.408 e. The quantitative estimate of drug-likeness (QED) is 0.425. The van der Waals surface area contributed by atoms with E-state index in [1.165, 1.54) is 6.07 Å². The predicted octanol–water partition coefficient (Wildman–Crippen LogP) is 4.03. The molecule has 0 aromatic heterocycles. The Morgan fingerprint density at radius 1 is 0.912 bits per heavy atom. The van der Waals surface area contributed by atoms with Gasteiger partial charge in [0.2, 0.25) is 15.9 Å². The third kappa shape index (κ3) is 6.12. The van der Waals surface area contributed by atoms with Crippen LogP contribution in [-0.4, -0.2) is 33.0 Å². The molecule has 0 bridgehead atoms. The first-order chi connectivity index (χ1) is 16.2. The number of benzene rings is 3. The van der Waals surface area contributed by atoms with E-state index in [1.54, 1.807) is 37.3 Å². The average Bonchev–Trinajstić information content (AvgIpc) is 2.81. The summed E-state index contributed by atoms with van der Waals surface area (Å²) in [5.41, 5.74) is 1.28. The molecule has 1 atom stereocenters. The van der Waals surface area contributed by atoms with Crippen LogP contribution < -0.4 is 15.4 Å². The van der Waals surface area contributed by atoms with Gasteiger partial charge < -0.3 is 15.4 Å². The Balaban J connectivity index is 1.78. The number of amides is 2. The summed E-state index contributed by atoms with van der Waals surface area (Å²) in [6.45, 7) is 5.68. The number of carbonyl (C=O) groups is 2. The van der Waals surface area contributed by atoms with Crippen LogP contribution in [0.1, 0.15) is 26.3 Å². The van der Waals surface area contributed by atoms with Crippen molar-refractivity contribution >= 4 is 38.5 Å². The van der Waals surface area contributed by atoms with Crippen molar-refractivity contribution in [3.63, 3.8) is 0 Å². The first-order valence-corrected chi connectivity index (χ1v) is 12.5. The second-order valence-electron chi connectivity index (χ2n) is 8.08. The third-order valence-corrected chi connectivity index (χ3v) is 6.80. The first kappa shape index (κ1) is 25.2. The Morgan fingerprint density at radius 3 is 2.26 bits per heavy atom.